The molecule has 0 radical (unpaired) electrons. The SMILES string of the molecule is CC1=CCCC(C)(C)O1. The zero-order valence-corrected chi connectivity index (χ0v) is 6.40. The van der Waals surface area contributed by atoms with Crippen LogP contribution < -0.4 is 0 Å². The standard InChI is InChI=1S/C8H14O/c1-7-5-4-6-8(2,3)9-7/h5H,4,6H2,1-3H3. The van der Waals surface area contributed by atoms with Crippen LogP contribution in [0.5, 0.6) is 0 Å². The quantitative estimate of drug-likeness (QED) is 0.484. The lowest BCUT2D eigenvalue weighted by atomic mass is 10.00. The molecule has 0 aliphatic carbocycles. The van der Waals surface area contributed by atoms with E-state index < -0.39 is 0 Å². The largest absolute Gasteiger partial charge is 0.493 e. The fourth-order valence-corrected chi connectivity index (χ4v) is 1.15. The molecule has 0 fully saturated rings. The summed E-state index contributed by atoms with van der Waals surface area (Å²) in [6.45, 7) is 6.27. The molecule has 52 valence electrons. The van der Waals surface area contributed by atoms with Gasteiger partial charge < -0.3 is 4.74 Å². The van der Waals surface area contributed by atoms with Crippen molar-refractivity contribution in [3.05, 3.63) is 11.8 Å². The van der Waals surface area contributed by atoms with Gasteiger partial charge in [-0.15, -0.1) is 0 Å². The summed E-state index contributed by atoms with van der Waals surface area (Å²) in [4.78, 5) is 0. The number of hydrogen-bond donors (Lipinski definition) is 0. The third kappa shape index (κ3) is 1.74. The molecule has 0 spiro atoms. The van der Waals surface area contributed by atoms with Gasteiger partial charge in [-0.25, -0.2) is 0 Å². The highest BCUT2D eigenvalue weighted by Crippen LogP contribution is 2.25. The minimum atomic E-state index is 0.0822. The monoisotopic (exact) mass is 126 g/mol. The van der Waals surface area contributed by atoms with Gasteiger partial charge in [-0.1, -0.05) is 0 Å². The summed E-state index contributed by atoms with van der Waals surface area (Å²) in [5, 5.41) is 0. The Labute approximate surface area is 56.7 Å². The molecule has 1 aliphatic rings. The first-order valence-electron chi connectivity index (χ1n) is 3.46. The van der Waals surface area contributed by atoms with Crippen LogP contribution in [0.1, 0.15) is 33.6 Å². The maximum atomic E-state index is 5.53. The third-order valence-corrected chi connectivity index (χ3v) is 1.62. The Hall–Kier alpha value is -0.460. The van der Waals surface area contributed by atoms with E-state index in [-0.39, 0.29) is 5.60 Å². The molecule has 1 nitrogen and oxygen atoms in total. The minimum absolute atomic E-state index is 0.0822. The van der Waals surface area contributed by atoms with Crippen molar-refractivity contribution in [3.63, 3.8) is 0 Å². The van der Waals surface area contributed by atoms with Gasteiger partial charge in [0.05, 0.1) is 5.76 Å². The number of hydrogen-bond acceptors (Lipinski definition) is 1. The molecule has 0 bridgehead atoms. The summed E-state index contributed by atoms with van der Waals surface area (Å²) in [6, 6.07) is 0. The van der Waals surface area contributed by atoms with E-state index in [0.29, 0.717) is 0 Å². The van der Waals surface area contributed by atoms with Crippen molar-refractivity contribution >= 4 is 0 Å². The second-order valence-electron chi connectivity index (χ2n) is 3.22. The van der Waals surface area contributed by atoms with Gasteiger partial charge in [0.25, 0.3) is 0 Å². The van der Waals surface area contributed by atoms with Crippen LogP contribution in [0.15, 0.2) is 11.8 Å². The molecule has 9 heavy (non-hydrogen) atoms. The van der Waals surface area contributed by atoms with Crippen LogP contribution >= 0.6 is 0 Å². The van der Waals surface area contributed by atoms with Crippen molar-refractivity contribution in [2.45, 2.75) is 39.2 Å². The van der Waals surface area contributed by atoms with Crippen LogP contribution in [0, 0.1) is 0 Å². The van der Waals surface area contributed by atoms with Crippen molar-refractivity contribution in [2.75, 3.05) is 0 Å². The Morgan fingerprint density at radius 1 is 1.56 bits per heavy atom. The van der Waals surface area contributed by atoms with Crippen molar-refractivity contribution in [1.82, 2.24) is 0 Å². The fraction of sp³-hybridized carbons (Fsp3) is 0.750. The summed E-state index contributed by atoms with van der Waals surface area (Å²) >= 11 is 0. The highest BCUT2D eigenvalue weighted by atomic mass is 16.5. The summed E-state index contributed by atoms with van der Waals surface area (Å²) in [7, 11) is 0. The van der Waals surface area contributed by atoms with E-state index in [9.17, 15) is 0 Å². The van der Waals surface area contributed by atoms with E-state index in [4.69, 9.17) is 4.74 Å². The molecule has 1 rings (SSSR count). The van der Waals surface area contributed by atoms with E-state index in [0.717, 1.165) is 12.2 Å². The van der Waals surface area contributed by atoms with Crippen LogP contribution in [0.4, 0.5) is 0 Å². The minimum Gasteiger partial charge on any atom is -0.493 e. The Morgan fingerprint density at radius 2 is 2.22 bits per heavy atom. The summed E-state index contributed by atoms with van der Waals surface area (Å²) < 4.78 is 5.53. The summed E-state index contributed by atoms with van der Waals surface area (Å²) in [6.07, 6.45) is 4.45. The predicted molar refractivity (Wildman–Crippen MR) is 38.2 cm³/mol. The van der Waals surface area contributed by atoms with Crippen molar-refractivity contribution in [1.29, 1.82) is 0 Å². The Bertz CT molecular complexity index is 134. The lowest BCUT2D eigenvalue weighted by Gasteiger charge is -2.29. The maximum absolute atomic E-state index is 5.53. The Kier molecular flexibility index (Phi) is 1.52. The lowest BCUT2D eigenvalue weighted by Crippen LogP contribution is -2.25. The molecule has 0 saturated heterocycles. The van der Waals surface area contributed by atoms with Crippen molar-refractivity contribution in [2.24, 2.45) is 0 Å². The number of rotatable bonds is 0. The Morgan fingerprint density at radius 3 is 2.56 bits per heavy atom. The van der Waals surface area contributed by atoms with Gasteiger partial charge in [0.2, 0.25) is 0 Å². The van der Waals surface area contributed by atoms with Crippen LogP contribution in [-0.2, 0) is 4.74 Å². The van der Waals surface area contributed by atoms with Crippen molar-refractivity contribution < 1.29 is 4.74 Å². The van der Waals surface area contributed by atoms with E-state index in [1.807, 2.05) is 6.92 Å². The second kappa shape index (κ2) is 2.05. The molecule has 0 aromatic rings. The fourth-order valence-electron chi connectivity index (χ4n) is 1.15. The molecule has 0 unspecified atom stereocenters. The first kappa shape index (κ1) is 6.66. The maximum Gasteiger partial charge on any atom is 0.103 e. The molecule has 0 N–H and O–H groups in total. The molecule has 1 heterocycles. The summed E-state index contributed by atoms with van der Waals surface area (Å²) in [5.41, 5.74) is 0.0822. The molecule has 0 aromatic carbocycles. The normalized spacial score (nSPS) is 24.6. The van der Waals surface area contributed by atoms with Gasteiger partial charge in [-0.2, -0.15) is 0 Å². The molecule has 1 heteroatoms. The smallest absolute Gasteiger partial charge is 0.103 e. The molecular weight excluding hydrogens is 112 g/mol. The zero-order valence-electron chi connectivity index (χ0n) is 6.40. The van der Waals surface area contributed by atoms with Gasteiger partial charge >= 0.3 is 0 Å². The Balaban J connectivity index is 2.59. The summed E-state index contributed by atoms with van der Waals surface area (Å²) in [5.74, 6) is 1.08. The molecule has 0 amide bonds. The molecule has 1 aliphatic heterocycles. The van der Waals surface area contributed by atoms with Crippen LogP contribution in [0.3, 0.4) is 0 Å². The molecule has 0 saturated carbocycles. The predicted octanol–water partition coefficient (Wildman–Crippen LogP) is 2.48. The first-order chi connectivity index (χ1) is 4.10. The van der Waals surface area contributed by atoms with Gasteiger partial charge in [0.1, 0.15) is 5.60 Å². The van der Waals surface area contributed by atoms with Crippen molar-refractivity contribution in [3.8, 4) is 0 Å². The average molecular weight is 126 g/mol. The van der Waals surface area contributed by atoms with E-state index in [1.165, 1.54) is 6.42 Å². The van der Waals surface area contributed by atoms with Crippen LogP contribution in [0.25, 0.3) is 0 Å². The van der Waals surface area contributed by atoms with Crippen LogP contribution in [0.2, 0.25) is 0 Å². The second-order valence-corrected chi connectivity index (χ2v) is 3.22. The van der Waals surface area contributed by atoms with E-state index in [2.05, 4.69) is 19.9 Å². The number of ether oxygens (including phenoxy) is 1. The average Bonchev–Trinajstić information content (AvgIpc) is 1.60. The first-order valence-corrected chi connectivity index (χ1v) is 3.46. The van der Waals surface area contributed by atoms with Crippen LogP contribution in [-0.4, -0.2) is 5.60 Å². The lowest BCUT2D eigenvalue weighted by molar-refractivity contribution is 0.0176. The third-order valence-electron chi connectivity index (χ3n) is 1.62. The molecular formula is C8H14O. The van der Waals surface area contributed by atoms with E-state index in [1.54, 1.807) is 0 Å². The number of allylic oxidation sites excluding steroid dienone is 2. The zero-order chi connectivity index (χ0) is 6.91. The van der Waals surface area contributed by atoms with E-state index >= 15 is 0 Å². The highest BCUT2D eigenvalue weighted by molar-refractivity contribution is 4.96. The van der Waals surface area contributed by atoms with Gasteiger partial charge in [0.15, 0.2) is 0 Å². The molecule has 0 aromatic heterocycles. The molecule has 0 atom stereocenters. The topological polar surface area (TPSA) is 9.23 Å². The highest BCUT2D eigenvalue weighted by Gasteiger charge is 2.21. The van der Waals surface area contributed by atoms with Gasteiger partial charge in [0, 0.05) is 0 Å². The van der Waals surface area contributed by atoms with Gasteiger partial charge in [-0.05, 0) is 39.7 Å². The van der Waals surface area contributed by atoms with Gasteiger partial charge in [-0.3, -0.25) is 0 Å².